The largest absolute Gasteiger partial charge is 0.339 e. The van der Waals surface area contributed by atoms with Crippen LogP contribution in [-0.4, -0.2) is 41.0 Å². The molecule has 2 aliphatic heterocycles. The van der Waals surface area contributed by atoms with Gasteiger partial charge in [0.1, 0.15) is 5.15 Å². The summed E-state index contributed by atoms with van der Waals surface area (Å²) in [7, 11) is 1.89. The molecule has 4 nitrogen and oxygen atoms in total. The number of aromatic nitrogens is 1. The van der Waals surface area contributed by atoms with Crippen LogP contribution in [0.15, 0.2) is 18.3 Å². The number of amides is 1. The summed E-state index contributed by atoms with van der Waals surface area (Å²) in [5.74, 6) is 0.0376. The standard InChI is InChI=1S/C14H18ClN3O/c1-18(12-7-10-2-3-11(8-12)17-10)14(19)9-4-5-16-13(15)6-9/h4-6,10-12,17H,2-3,7-8H2,1H3/t10-,11-/m1/s1. The number of carbonyl (C=O) groups excluding carboxylic acids is 1. The molecule has 3 rings (SSSR count). The molecule has 19 heavy (non-hydrogen) atoms. The van der Waals surface area contributed by atoms with Crippen LogP contribution in [0.4, 0.5) is 0 Å². The average molecular weight is 280 g/mol. The minimum absolute atomic E-state index is 0.0376. The van der Waals surface area contributed by atoms with Gasteiger partial charge in [0.15, 0.2) is 0 Å². The number of piperidine rings is 1. The van der Waals surface area contributed by atoms with Crippen molar-refractivity contribution in [2.45, 2.75) is 43.8 Å². The Kier molecular flexibility index (Phi) is 3.46. The fraction of sp³-hybridized carbons (Fsp3) is 0.571. The lowest BCUT2D eigenvalue weighted by Gasteiger charge is -2.35. The fourth-order valence-electron chi connectivity index (χ4n) is 3.25. The molecule has 1 aromatic heterocycles. The smallest absolute Gasteiger partial charge is 0.254 e. The van der Waals surface area contributed by atoms with Crippen molar-refractivity contribution in [3.8, 4) is 0 Å². The molecule has 2 aliphatic rings. The molecule has 0 spiro atoms. The summed E-state index contributed by atoms with van der Waals surface area (Å²) in [6.45, 7) is 0. The van der Waals surface area contributed by atoms with E-state index in [-0.39, 0.29) is 5.91 Å². The Morgan fingerprint density at radius 2 is 2.11 bits per heavy atom. The topological polar surface area (TPSA) is 45.2 Å². The van der Waals surface area contributed by atoms with Crippen molar-refractivity contribution < 1.29 is 4.79 Å². The van der Waals surface area contributed by atoms with Gasteiger partial charge >= 0.3 is 0 Å². The molecule has 0 aromatic carbocycles. The number of carbonyl (C=O) groups is 1. The highest BCUT2D eigenvalue weighted by Crippen LogP contribution is 2.29. The van der Waals surface area contributed by atoms with E-state index in [0.717, 1.165) is 12.8 Å². The van der Waals surface area contributed by atoms with Crippen LogP contribution in [0.3, 0.4) is 0 Å². The van der Waals surface area contributed by atoms with E-state index in [9.17, 15) is 4.79 Å². The number of hydrogen-bond acceptors (Lipinski definition) is 3. The zero-order valence-electron chi connectivity index (χ0n) is 11.0. The Morgan fingerprint density at radius 3 is 2.74 bits per heavy atom. The Labute approximate surface area is 118 Å². The zero-order chi connectivity index (χ0) is 13.4. The van der Waals surface area contributed by atoms with Gasteiger partial charge in [0.05, 0.1) is 0 Å². The van der Waals surface area contributed by atoms with Crippen molar-refractivity contribution in [1.82, 2.24) is 15.2 Å². The van der Waals surface area contributed by atoms with Gasteiger partial charge in [-0.05, 0) is 37.8 Å². The molecule has 1 N–H and O–H groups in total. The van der Waals surface area contributed by atoms with E-state index < -0.39 is 0 Å². The van der Waals surface area contributed by atoms with Gasteiger partial charge in [-0.3, -0.25) is 4.79 Å². The Hall–Kier alpha value is -1.13. The van der Waals surface area contributed by atoms with Crippen LogP contribution in [0.2, 0.25) is 5.15 Å². The molecule has 5 heteroatoms. The Morgan fingerprint density at radius 1 is 1.42 bits per heavy atom. The number of fused-ring (bicyclic) bond motifs is 2. The summed E-state index contributed by atoms with van der Waals surface area (Å²) in [6, 6.07) is 4.86. The number of nitrogens with zero attached hydrogens (tertiary/aromatic N) is 2. The Bertz CT molecular complexity index is 481. The molecule has 102 valence electrons. The third kappa shape index (κ3) is 2.60. The molecule has 0 unspecified atom stereocenters. The van der Waals surface area contributed by atoms with Crippen molar-refractivity contribution in [3.63, 3.8) is 0 Å². The van der Waals surface area contributed by atoms with E-state index in [1.165, 1.54) is 12.8 Å². The van der Waals surface area contributed by atoms with Crippen molar-refractivity contribution in [2.24, 2.45) is 0 Å². The SMILES string of the molecule is CN(C(=O)c1ccnc(Cl)c1)C1C[C@H]2CC[C@H](C1)N2. The third-order valence-electron chi connectivity index (χ3n) is 4.29. The van der Waals surface area contributed by atoms with Crippen molar-refractivity contribution >= 4 is 17.5 Å². The van der Waals surface area contributed by atoms with Crippen molar-refractivity contribution in [3.05, 3.63) is 29.0 Å². The van der Waals surface area contributed by atoms with Crippen LogP contribution in [0.5, 0.6) is 0 Å². The molecule has 2 bridgehead atoms. The maximum atomic E-state index is 12.4. The molecule has 0 radical (unpaired) electrons. The summed E-state index contributed by atoms with van der Waals surface area (Å²) in [4.78, 5) is 18.2. The average Bonchev–Trinajstić information content (AvgIpc) is 2.76. The van der Waals surface area contributed by atoms with E-state index in [1.807, 2.05) is 11.9 Å². The van der Waals surface area contributed by atoms with Crippen molar-refractivity contribution in [2.75, 3.05) is 7.05 Å². The van der Waals surface area contributed by atoms with E-state index >= 15 is 0 Å². The van der Waals surface area contributed by atoms with E-state index in [2.05, 4.69) is 10.3 Å². The van der Waals surface area contributed by atoms with Gasteiger partial charge in [0.25, 0.3) is 5.91 Å². The second-order valence-electron chi connectivity index (χ2n) is 5.55. The summed E-state index contributed by atoms with van der Waals surface area (Å²) in [5, 5.41) is 3.96. The number of pyridine rings is 1. The van der Waals surface area contributed by atoms with Gasteiger partial charge in [-0.15, -0.1) is 0 Å². The lowest BCUT2D eigenvalue weighted by atomic mass is 9.98. The minimum Gasteiger partial charge on any atom is -0.339 e. The third-order valence-corrected chi connectivity index (χ3v) is 4.50. The summed E-state index contributed by atoms with van der Waals surface area (Å²) in [5.41, 5.74) is 0.619. The summed E-state index contributed by atoms with van der Waals surface area (Å²) < 4.78 is 0. The number of halogens is 1. The number of nitrogens with one attached hydrogen (secondary N) is 1. The summed E-state index contributed by atoms with van der Waals surface area (Å²) >= 11 is 5.84. The van der Waals surface area contributed by atoms with Gasteiger partial charge in [-0.1, -0.05) is 11.6 Å². The fourth-order valence-corrected chi connectivity index (χ4v) is 3.42. The molecular formula is C14H18ClN3O. The van der Waals surface area contributed by atoms with Crippen molar-refractivity contribution in [1.29, 1.82) is 0 Å². The van der Waals surface area contributed by atoms with Crippen LogP contribution in [0.25, 0.3) is 0 Å². The highest BCUT2D eigenvalue weighted by atomic mass is 35.5. The molecule has 3 heterocycles. The predicted molar refractivity (Wildman–Crippen MR) is 74.3 cm³/mol. The first-order chi connectivity index (χ1) is 9.13. The van der Waals surface area contributed by atoms with Gasteiger partial charge in [0, 0.05) is 36.9 Å². The van der Waals surface area contributed by atoms with Crippen LogP contribution in [0.1, 0.15) is 36.0 Å². The lowest BCUT2D eigenvalue weighted by molar-refractivity contribution is 0.0681. The normalized spacial score (nSPS) is 29.3. The van der Waals surface area contributed by atoms with E-state index in [0.29, 0.717) is 28.8 Å². The van der Waals surface area contributed by atoms with Crippen LogP contribution in [-0.2, 0) is 0 Å². The second-order valence-corrected chi connectivity index (χ2v) is 5.93. The molecule has 0 aliphatic carbocycles. The van der Waals surface area contributed by atoms with Crippen LogP contribution in [0, 0.1) is 0 Å². The molecule has 2 fully saturated rings. The zero-order valence-corrected chi connectivity index (χ0v) is 11.7. The molecule has 1 aromatic rings. The first-order valence-corrected chi connectivity index (χ1v) is 7.16. The van der Waals surface area contributed by atoms with Gasteiger partial charge in [-0.2, -0.15) is 0 Å². The predicted octanol–water partition coefficient (Wildman–Crippen LogP) is 2.09. The first-order valence-electron chi connectivity index (χ1n) is 6.78. The Balaban J connectivity index is 1.73. The van der Waals surface area contributed by atoms with Gasteiger partial charge < -0.3 is 10.2 Å². The first kappa shape index (κ1) is 12.9. The lowest BCUT2D eigenvalue weighted by Crippen LogP contribution is -2.48. The summed E-state index contributed by atoms with van der Waals surface area (Å²) in [6.07, 6.45) is 6.17. The highest BCUT2D eigenvalue weighted by Gasteiger charge is 2.36. The highest BCUT2D eigenvalue weighted by molar-refractivity contribution is 6.29. The van der Waals surface area contributed by atoms with Crippen LogP contribution < -0.4 is 5.32 Å². The van der Waals surface area contributed by atoms with Crippen LogP contribution >= 0.6 is 11.6 Å². The molecule has 2 saturated heterocycles. The van der Waals surface area contributed by atoms with Gasteiger partial charge in [-0.25, -0.2) is 4.98 Å². The second kappa shape index (κ2) is 5.10. The molecule has 1 amide bonds. The monoisotopic (exact) mass is 279 g/mol. The molecule has 0 saturated carbocycles. The maximum Gasteiger partial charge on any atom is 0.254 e. The molecule has 2 atom stereocenters. The maximum absolute atomic E-state index is 12.4. The minimum atomic E-state index is 0.0376. The van der Waals surface area contributed by atoms with Gasteiger partial charge in [0.2, 0.25) is 0 Å². The number of hydrogen-bond donors (Lipinski definition) is 1. The quantitative estimate of drug-likeness (QED) is 0.843. The van der Waals surface area contributed by atoms with E-state index in [4.69, 9.17) is 11.6 Å². The van der Waals surface area contributed by atoms with E-state index in [1.54, 1.807) is 18.3 Å². The number of rotatable bonds is 2. The molecular weight excluding hydrogens is 262 g/mol.